The van der Waals surface area contributed by atoms with Crippen molar-refractivity contribution in [1.82, 2.24) is 19.9 Å². The van der Waals surface area contributed by atoms with Crippen molar-refractivity contribution in [1.29, 1.82) is 0 Å². The van der Waals surface area contributed by atoms with Crippen LogP contribution in [0.2, 0.25) is 5.02 Å². The number of hydrogen-bond donors (Lipinski definition) is 1. The second-order valence-electron chi connectivity index (χ2n) is 11.1. The number of carbonyl (C=O) groups is 1. The van der Waals surface area contributed by atoms with Crippen molar-refractivity contribution in [2.45, 2.75) is 45.4 Å². The fourth-order valence-electron chi connectivity index (χ4n) is 4.71. The molecule has 0 aliphatic carbocycles. The highest BCUT2D eigenvalue weighted by Gasteiger charge is 2.33. The maximum atomic E-state index is 12.5. The van der Waals surface area contributed by atoms with Gasteiger partial charge in [-0.1, -0.05) is 23.7 Å². The van der Waals surface area contributed by atoms with E-state index in [2.05, 4.69) is 28.9 Å². The maximum absolute atomic E-state index is 12.5. The van der Waals surface area contributed by atoms with Crippen LogP contribution in [0.15, 0.2) is 42.6 Å². The Bertz CT molecular complexity index is 1520. The molecule has 1 atom stereocenters. The lowest BCUT2D eigenvalue weighted by atomic mass is 9.91. The number of likely N-dealkylation sites (N-methyl/N-ethyl adjacent to an activating group) is 1. The van der Waals surface area contributed by atoms with Crippen LogP contribution in [-0.2, 0) is 9.53 Å². The minimum Gasteiger partial charge on any atom is -0.479 e. The van der Waals surface area contributed by atoms with Gasteiger partial charge in [-0.2, -0.15) is 0 Å². The van der Waals surface area contributed by atoms with E-state index in [-0.39, 0.29) is 0 Å². The zero-order valence-corrected chi connectivity index (χ0v) is 24.5. The van der Waals surface area contributed by atoms with Crippen LogP contribution in [0.25, 0.3) is 32.0 Å². The highest BCUT2D eigenvalue weighted by molar-refractivity contribution is 7.22. The number of aliphatic carboxylic acids is 1. The maximum Gasteiger partial charge on any atom is 0.337 e. The van der Waals surface area contributed by atoms with Gasteiger partial charge in [-0.25, -0.2) is 19.7 Å². The summed E-state index contributed by atoms with van der Waals surface area (Å²) in [7, 11) is 4.16. The molecule has 4 aromatic rings. The first-order valence-corrected chi connectivity index (χ1v) is 14.0. The number of benzene rings is 2. The molecule has 2 aromatic carbocycles. The third-order valence-corrected chi connectivity index (χ3v) is 8.12. The Morgan fingerprint density at radius 1 is 1.18 bits per heavy atom. The number of carboxylic acid groups (broad SMARTS) is 1. The van der Waals surface area contributed by atoms with E-state index in [1.54, 1.807) is 6.20 Å². The van der Waals surface area contributed by atoms with Crippen LogP contribution in [0.5, 0.6) is 0 Å². The molecule has 5 rings (SSSR count). The molecular formula is C29H32ClN5O3S. The number of hydrogen-bond acceptors (Lipinski definition) is 8. The van der Waals surface area contributed by atoms with Gasteiger partial charge in [-0.05, 0) is 77.2 Å². The summed E-state index contributed by atoms with van der Waals surface area (Å²) in [5.74, 6) is -0.359. The number of thiazole rings is 1. The van der Waals surface area contributed by atoms with Gasteiger partial charge in [0.15, 0.2) is 6.10 Å². The topological polar surface area (TPSA) is 91.7 Å². The van der Waals surface area contributed by atoms with Crippen molar-refractivity contribution < 1.29 is 14.6 Å². The van der Waals surface area contributed by atoms with Crippen molar-refractivity contribution in [3.8, 4) is 21.8 Å². The predicted molar refractivity (Wildman–Crippen MR) is 157 cm³/mol. The second kappa shape index (κ2) is 10.5. The molecule has 1 aliphatic heterocycles. The van der Waals surface area contributed by atoms with Crippen molar-refractivity contribution in [3.63, 3.8) is 0 Å². The largest absolute Gasteiger partial charge is 0.479 e. The summed E-state index contributed by atoms with van der Waals surface area (Å²) in [6.07, 6.45) is 0.605. The minimum absolute atomic E-state index is 0.487. The average molecular weight is 566 g/mol. The van der Waals surface area contributed by atoms with Crippen molar-refractivity contribution in [2.75, 3.05) is 32.1 Å². The van der Waals surface area contributed by atoms with Crippen LogP contribution in [0.3, 0.4) is 0 Å². The van der Waals surface area contributed by atoms with Gasteiger partial charge < -0.3 is 19.6 Å². The number of aromatic nitrogens is 3. The molecule has 3 heterocycles. The van der Waals surface area contributed by atoms with Gasteiger partial charge in [0.2, 0.25) is 5.95 Å². The van der Waals surface area contributed by atoms with E-state index in [1.165, 1.54) is 11.3 Å². The number of ether oxygens (including phenoxy) is 1. The van der Waals surface area contributed by atoms with Crippen LogP contribution < -0.4 is 4.90 Å². The highest BCUT2D eigenvalue weighted by Crippen LogP contribution is 2.44. The average Bonchev–Trinajstić information content (AvgIpc) is 3.24. The molecule has 10 heteroatoms. The van der Waals surface area contributed by atoms with Gasteiger partial charge in [0, 0.05) is 41.5 Å². The molecule has 1 saturated heterocycles. The summed E-state index contributed by atoms with van der Waals surface area (Å²) in [6, 6.07) is 11.7. The van der Waals surface area contributed by atoms with Crippen molar-refractivity contribution in [3.05, 3.63) is 58.7 Å². The zero-order valence-electron chi connectivity index (χ0n) is 22.9. The molecule has 1 aliphatic rings. The Balaban J connectivity index is 1.65. The van der Waals surface area contributed by atoms with E-state index in [1.807, 2.05) is 64.1 Å². The van der Waals surface area contributed by atoms with E-state index in [0.717, 1.165) is 50.7 Å². The number of aryl methyl sites for hydroxylation is 1. The minimum atomic E-state index is -1.16. The van der Waals surface area contributed by atoms with E-state index in [9.17, 15) is 9.90 Å². The van der Waals surface area contributed by atoms with Crippen LogP contribution in [0.1, 0.15) is 38.0 Å². The molecule has 0 bridgehead atoms. The first-order chi connectivity index (χ1) is 18.4. The summed E-state index contributed by atoms with van der Waals surface area (Å²) in [5.41, 5.74) is 3.88. The summed E-state index contributed by atoms with van der Waals surface area (Å²) >= 11 is 7.69. The molecule has 204 valence electrons. The Morgan fingerprint density at radius 2 is 1.87 bits per heavy atom. The Labute approximate surface area is 237 Å². The predicted octanol–water partition coefficient (Wildman–Crippen LogP) is 6.07. The normalized spacial score (nSPS) is 15.1. The van der Waals surface area contributed by atoms with E-state index >= 15 is 0 Å². The number of halogens is 1. The standard InChI is InChI=1S/C29H32ClN5O3S/c1-16-13-21-25(39-26(32-21)20-11-12-31-28(33-20)35-14-19(15-35)34(5)6)23(17-7-9-18(30)10-8-17)22(16)24(27(36)37)38-29(2,3)4/h7-13,19,24H,14-15H2,1-6H3,(H,36,37). The molecule has 0 spiro atoms. The second-order valence-corrected chi connectivity index (χ2v) is 12.5. The molecule has 39 heavy (non-hydrogen) atoms. The lowest BCUT2D eigenvalue weighted by Crippen LogP contribution is -2.58. The van der Waals surface area contributed by atoms with E-state index in [4.69, 9.17) is 26.3 Å². The third-order valence-electron chi connectivity index (χ3n) is 6.76. The number of anilines is 1. The monoisotopic (exact) mass is 565 g/mol. The third kappa shape index (κ3) is 5.63. The number of fused-ring (bicyclic) bond motifs is 1. The number of nitrogens with zero attached hydrogens (tertiary/aromatic N) is 5. The Kier molecular flexibility index (Phi) is 7.37. The molecule has 8 nitrogen and oxygen atoms in total. The first-order valence-electron chi connectivity index (χ1n) is 12.8. The van der Waals surface area contributed by atoms with Crippen LogP contribution in [0, 0.1) is 6.92 Å². The van der Waals surface area contributed by atoms with Gasteiger partial charge in [0.05, 0.1) is 15.8 Å². The van der Waals surface area contributed by atoms with E-state index in [0.29, 0.717) is 22.6 Å². The van der Waals surface area contributed by atoms with Crippen molar-refractivity contribution in [2.24, 2.45) is 0 Å². The molecule has 0 radical (unpaired) electrons. The quantitative estimate of drug-likeness (QED) is 0.288. The van der Waals surface area contributed by atoms with Gasteiger partial charge in [0.1, 0.15) is 10.7 Å². The zero-order chi connectivity index (χ0) is 28.1. The smallest absolute Gasteiger partial charge is 0.337 e. The summed E-state index contributed by atoms with van der Waals surface area (Å²) in [5, 5.41) is 11.6. The molecule has 1 fully saturated rings. The van der Waals surface area contributed by atoms with Gasteiger partial charge >= 0.3 is 5.97 Å². The fourth-order valence-corrected chi connectivity index (χ4v) is 5.93. The van der Waals surface area contributed by atoms with Crippen LogP contribution in [-0.4, -0.2) is 69.8 Å². The number of carboxylic acids is 1. The van der Waals surface area contributed by atoms with Crippen LogP contribution >= 0.6 is 22.9 Å². The lowest BCUT2D eigenvalue weighted by molar-refractivity contribution is -0.160. The van der Waals surface area contributed by atoms with Gasteiger partial charge in [-0.15, -0.1) is 11.3 Å². The SMILES string of the molecule is Cc1cc2nc(-c3ccnc(N4CC(N(C)C)C4)n3)sc2c(-c2ccc(Cl)cc2)c1C(OC(C)(C)C)C(=O)O. The fraction of sp³-hybridized carbons (Fsp3) is 0.379. The first kappa shape index (κ1) is 27.5. The molecule has 0 saturated carbocycles. The van der Waals surface area contributed by atoms with Crippen LogP contribution in [0.4, 0.5) is 5.95 Å². The summed E-state index contributed by atoms with van der Waals surface area (Å²) < 4.78 is 6.98. The summed E-state index contributed by atoms with van der Waals surface area (Å²) in [4.78, 5) is 31.2. The number of rotatable bonds is 7. The molecule has 0 amide bonds. The van der Waals surface area contributed by atoms with Crippen molar-refractivity contribution >= 4 is 45.1 Å². The molecule has 1 N–H and O–H groups in total. The molecule has 2 aromatic heterocycles. The highest BCUT2D eigenvalue weighted by atomic mass is 35.5. The summed E-state index contributed by atoms with van der Waals surface area (Å²) in [6.45, 7) is 9.23. The van der Waals surface area contributed by atoms with Gasteiger partial charge in [0.25, 0.3) is 0 Å². The van der Waals surface area contributed by atoms with E-state index < -0.39 is 17.7 Å². The van der Waals surface area contributed by atoms with Gasteiger partial charge in [-0.3, -0.25) is 0 Å². The molecular weight excluding hydrogens is 534 g/mol. The Morgan fingerprint density at radius 3 is 2.49 bits per heavy atom. The lowest BCUT2D eigenvalue weighted by Gasteiger charge is -2.42. The molecule has 1 unspecified atom stereocenters. The Hall–Kier alpha value is -3.11.